The van der Waals surface area contributed by atoms with Crippen LogP contribution < -0.4 is 20.1 Å². The summed E-state index contributed by atoms with van der Waals surface area (Å²) in [7, 11) is -2.25. The molecule has 0 amide bonds. The number of aryl methyl sites for hydroxylation is 1. The monoisotopic (exact) mass is 731 g/mol. The first-order valence-corrected chi connectivity index (χ1v) is 19.7. The van der Waals surface area contributed by atoms with E-state index < -0.39 is 22.1 Å². The molecule has 3 N–H and O–H groups in total. The van der Waals surface area contributed by atoms with E-state index in [4.69, 9.17) is 17.0 Å². The number of rotatable bonds is 12. The number of hydrogen-bond donors (Lipinski definition) is 3. The highest BCUT2D eigenvalue weighted by atomic mass is 32.2. The Kier molecular flexibility index (Phi) is 10.7. The van der Waals surface area contributed by atoms with Crippen LogP contribution in [0.3, 0.4) is 0 Å². The van der Waals surface area contributed by atoms with Gasteiger partial charge in [0.1, 0.15) is 5.75 Å². The van der Waals surface area contributed by atoms with Crippen molar-refractivity contribution in [3.05, 3.63) is 150 Å². The number of nitrogens with one attached hydrogen (secondary N) is 3. The average molecular weight is 732 g/mol. The molecule has 3 fully saturated rings. The number of piperidine rings is 3. The summed E-state index contributed by atoms with van der Waals surface area (Å²) in [5, 5.41) is 8.79. The van der Waals surface area contributed by atoms with Gasteiger partial charge in [0.2, 0.25) is 10.0 Å². The van der Waals surface area contributed by atoms with Crippen LogP contribution in [0.5, 0.6) is 5.75 Å². The van der Waals surface area contributed by atoms with Crippen LogP contribution in [-0.2, 0) is 10.0 Å². The summed E-state index contributed by atoms with van der Waals surface area (Å²) in [6.07, 6.45) is 6.11. The molecule has 2 bridgehead atoms. The minimum Gasteiger partial charge on any atom is -0.497 e. The average Bonchev–Trinajstić information content (AvgIpc) is 3.18. The van der Waals surface area contributed by atoms with Gasteiger partial charge in [0.15, 0.2) is 5.11 Å². The van der Waals surface area contributed by atoms with Gasteiger partial charge in [-0.05, 0) is 103 Å². The molecule has 8 nitrogen and oxygen atoms in total. The Morgan fingerprint density at radius 2 is 1.63 bits per heavy atom. The molecule has 1 aromatic heterocycles. The SMILES string of the molecule is C=CC1CN2CCC1CC2[C@H](NC(=S)N[C@H](c1ccccc1)[C@H](NS(=O)(=O)c1ccc(C)cc1)c1ccccc1)c1ccnc2ccc(OC)cc12. The third-order valence-electron chi connectivity index (χ3n) is 10.7. The molecule has 8 rings (SSSR count). The van der Waals surface area contributed by atoms with Gasteiger partial charge in [-0.1, -0.05) is 84.4 Å². The van der Waals surface area contributed by atoms with Crippen LogP contribution in [-0.4, -0.2) is 49.7 Å². The number of benzene rings is 4. The summed E-state index contributed by atoms with van der Waals surface area (Å²) in [6.45, 7) is 8.04. The van der Waals surface area contributed by atoms with Gasteiger partial charge in [-0.2, -0.15) is 0 Å². The minimum absolute atomic E-state index is 0.159. The normalized spacial score (nSPS) is 21.5. The molecule has 10 heteroatoms. The third kappa shape index (κ3) is 7.61. The molecule has 4 unspecified atom stereocenters. The number of aromatic nitrogens is 1. The van der Waals surface area contributed by atoms with Crippen LogP contribution >= 0.6 is 12.2 Å². The Balaban J connectivity index is 1.27. The first-order valence-electron chi connectivity index (χ1n) is 17.8. The quantitative estimate of drug-likeness (QED) is 0.0903. The van der Waals surface area contributed by atoms with Crippen molar-refractivity contribution in [2.45, 2.75) is 48.8 Å². The predicted octanol–water partition coefficient (Wildman–Crippen LogP) is 7.41. The smallest absolute Gasteiger partial charge is 0.241 e. The van der Waals surface area contributed by atoms with Gasteiger partial charge < -0.3 is 15.4 Å². The molecule has 7 atom stereocenters. The summed E-state index contributed by atoms with van der Waals surface area (Å²) < 4.78 is 36.7. The molecule has 4 aromatic carbocycles. The van der Waals surface area contributed by atoms with Crippen molar-refractivity contribution >= 4 is 38.3 Å². The topological polar surface area (TPSA) is 95.6 Å². The second-order valence-electron chi connectivity index (χ2n) is 13.8. The lowest BCUT2D eigenvalue weighted by atomic mass is 9.73. The second-order valence-corrected chi connectivity index (χ2v) is 16.0. The summed E-state index contributed by atoms with van der Waals surface area (Å²) in [5.74, 6) is 1.76. The molecule has 0 aliphatic carbocycles. The van der Waals surface area contributed by atoms with E-state index in [1.54, 1.807) is 19.2 Å². The maximum atomic E-state index is 14.0. The Hall–Kier alpha value is -4.61. The van der Waals surface area contributed by atoms with Gasteiger partial charge in [-0.25, -0.2) is 13.1 Å². The van der Waals surface area contributed by atoms with Crippen molar-refractivity contribution in [1.29, 1.82) is 0 Å². The van der Waals surface area contributed by atoms with Crippen molar-refractivity contribution in [3.63, 3.8) is 0 Å². The fraction of sp³-hybridized carbons (Fsp3) is 0.286. The number of pyridine rings is 1. The summed E-state index contributed by atoms with van der Waals surface area (Å²) in [4.78, 5) is 7.45. The zero-order valence-corrected chi connectivity index (χ0v) is 31.1. The lowest BCUT2D eigenvalue weighted by molar-refractivity contribution is 0.00426. The van der Waals surface area contributed by atoms with Crippen LogP contribution in [0.1, 0.15) is 53.2 Å². The van der Waals surface area contributed by atoms with E-state index in [1.165, 1.54) is 0 Å². The first-order chi connectivity index (χ1) is 25.2. The van der Waals surface area contributed by atoms with E-state index in [-0.39, 0.29) is 17.0 Å². The molecule has 3 aliphatic heterocycles. The Morgan fingerprint density at radius 1 is 0.942 bits per heavy atom. The van der Waals surface area contributed by atoms with E-state index in [2.05, 4.69) is 44.0 Å². The standard InChI is InChI=1S/C42H45N5O3S2/c1-4-29-27-47-24-22-32(29)25-38(47)41(35-21-23-43-37-20-17-33(50-3)26-36(35)37)45-42(51)44-39(30-11-7-5-8-12-30)40(31-13-9-6-10-14-31)46-52(48,49)34-18-15-28(2)16-19-34/h4-21,23,26,29,32,38-41,46H,1,22,24-25,27H2,2-3H3,(H2,44,45,51)/t29?,32?,38?,39-,40-,41-/m1/s1. The molecule has 3 saturated heterocycles. The van der Waals surface area contributed by atoms with Gasteiger partial charge in [0, 0.05) is 24.2 Å². The largest absolute Gasteiger partial charge is 0.497 e. The number of methoxy groups -OCH3 is 1. The predicted molar refractivity (Wildman–Crippen MR) is 212 cm³/mol. The summed E-state index contributed by atoms with van der Waals surface area (Å²) in [6, 6.07) is 33.1. The molecule has 0 radical (unpaired) electrons. The fourth-order valence-electron chi connectivity index (χ4n) is 7.94. The molecule has 0 spiro atoms. The van der Waals surface area contributed by atoms with E-state index >= 15 is 0 Å². The molecular weight excluding hydrogens is 687 g/mol. The first kappa shape index (κ1) is 35.8. The Morgan fingerprint density at radius 3 is 2.27 bits per heavy atom. The molecule has 5 aromatic rings. The third-order valence-corrected chi connectivity index (χ3v) is 12.4. The van der Waals surface area contributed by atoms with Crippen LogP contribution in [0.25, 0.3) is 10.9 Å². The molecule has 268 valence electrons. The zero-order valence-electron chi connectivity index (χ0n) is 29.5. The molecular formula is C42H45N5O3S2. The molecule has 3 aliphatic rings. The van der Waals surface area contributed by atoms with Crippen molar-refractivity contribution in [2.24, 2.45) is 11.8 Å². The van der Waals surface area contributed by atoms with E-state index in [9.17, 15) is 8.42 Å². The maximum absolute atomic E-state index is 14.0. The highest BCUT2D eigenvalue weighted by Gasteiger charge is 2.43. The number of fused-ring (bicyclic) bond motifs is 4. The van der Waals surface area contributed by atoms with E-state index in [0.717, 1.165) is 64.8 Å². The van der Waals surface area contributed by atoms with Gasteiger partial charge in [0.05, 0.1) is 35.6 Å². The van der Waals surface area contributed by atoms with E-state index in [0.29, 0.717) is 16.9 Å². The maximum Gasteiger partial charge on any atom is 0.241 e. The summed E-state index contributed by atoms with van der Waals surface area (Å²) >= 11 is 6.22. The number of sulfonamides is 1. The highest BCUT2D eigenvalue weighted by Crippen LogP contribution is 2.42. The number of nitrogens with zero attached hydrogens (tertiary/aromatic N) is 2. The number of ether oxygens (including phenoxy) is 1. The summed E-state index contributed by atoms with van der Waals surface area (Å²) in [5.41, 5.74) is 4.63. The van der Waals surface area contributed by atoms with Crippen LogP contribution in [0.4, 0.5) is 0 Å². The molecule has 0 saturated carbocycles. The van der Waals surface area contributed by atoms with Crippen molar-refractivity contribution in [2.75, 3.05) is 20.2 Å². The minimum atomic E-state index is -3.93. The van der Waals surface area contributed by atoms with Crippen LogP contribution in [0, 0.1) is 18.8 Å². The lowest BCUT2D eigenvalue weighted by Gasteiger charge is -2.52. The zero-order chi connectivity index (χ0) is 36.2. The van der Waals surface area contributed by atoms with Gasteiger partial charge in [-0.3, -0.25) is 9.88 Å². The molecule has 52 heavy (non-hydrogen) atoms. The fourth-order valence-corrected chi connectivity index (χ4v) is 9.43. The Labute approximate surface area is 312 Å². The van der Waals surface area contributed by atoms with Gasteiger partial charge >= 0.3 is 0 Å². The number of thiocarbonyl (C=S) groups is 1. The highest BCUT2D eigenvalue weighted by molar-refractivity contribution is 7.89. The van der Waals surface area contributed by atoms with Crippen LogP contribution in [0.2, 0.25) is 0 Å². The molecule has 4 heterocycles. The lowest BCUT2D eigenvalue weighted by Crippen LogP contribution is -2.58. The van der Waals surface area contributed by atoms with Crippen molar-refractivity contribution < 1.29 is 13.2 Å². The Bertz CT molecular complexity index is 2130. The second kappa shape index (κ2) is 15.6. The van der Waals surface area contributed by atoms with Crippen LogP contribution in [0.15, 0.2) is 133 Å². The number of hydrogen-bond acceptors (Lipinski definition) is 6. The van der Waals surface area contributed by atoms with Crippen molar-refractivity contribution in [3.8, 4) is 5.75 Å². The van der Waals surface area contributed by atoms with Gasteiger partial charge in [-0.15, -0.1) is 6.58 Å². The van der Waals surface area contributed by atoms with Crippen molar-refractivity contribution in [1.82, 2.24) is 25.2 Å². The van der Waals surface area contributed by atoms with Gasteiger partial charge in [0.25, 0.3) is 0 Å². The van der Waals surface area contributed by atoms with E-state index in [1.807, 2.05) is 104 Å².